The molecule has 1 aliphatic rings. The number of morpholine rings is 1. The van der Waals surface area contributed by atoms with Gasteiger partial charge < -0.3 is 15.4 Å². The van der Waals surface area contributed by atoms with Gasteiger partial charge in [-0.1, -0.05) is 18.2 Å². The molecule has 2 aromatic heterocycles. The number of nitrogens with one attached hydrogen (secondary N) is 2. The van der Waals surface area contributed by atoms with Gasteiger partial charge in [-0.05, 0) is 36.4 Å². The fourth-order valence-corrected chi connectivity index (χ4v) is 3.26. The maximum atomic E-state index is 13.7. The zero-order chi connectivity index (χ0) is 21.6. The van der Waals surface area contributed by atoms with Crippen molar-refractivity contribution >= 4 is 23.2 Å². The normalized spacial score (nSPS) is 16.6. The van der Waals surface area contributed by atoms with Crippen molar-refractivity contribution in [3.63, 3.8) is 0 Å². The highest BCUT2D eigenvalue weighted by Gasteiger charge is 2.25. The molecule has 1 saturated heterocycles. The van der Waals surface area contributed by atoms with Crippen molar-refractivity contribution in [1.82, 2.24) is 14.9 Å². The first-order valence-corrected chi connectivity index (χ1v) is 9.81. The number of halogens is 2. The van der Waals surface area contributed by atoms with Crippen LogP contribution in [0.5, 0.6) is 0 Å². The van der Waals surface area contributed by atoms with Crippen LogP contribution in [-0.4, -0.2) is 47.0 Å². The molecule has 1 amide bonds. The zero-order valence-corrected chi connectivity index (χ0v) is 16.6. The van der Waals surface area contributed by atoms with E-state index in [1.54, 1.807) is 18.2 Å². The Morgan fingerprint density at radius 3 is 2.77 bits per heavy atom. The number of benzene rings is 1. The van der Waals surface area contributed by atoms with Crippen LogP contribution >= 0.6 is 0 Å². The third-order valence-corrected chi connectivity index (χ3v) is 4.75. The molecule has 3 aromatic rings. The quantitative estimate of drug-likeness (QED) is 0.629. The van der Waals surface area contributed by atoms with Gasteiger partial charge in [0.05, 0.1) is 30.7 Å². The molecule has 1 fully saturated rings. The molecule has 0 radical (unpaired) electrons. The molecule has 0 aliphatic carbocycles. The number of aromatic nitrogens is 2. The van der Waals surface area contributed by atoms with E-state index in [9.17, 15) is 13.6 Å². The Balaban J connectivity index is 1.37. The molecule has 7 nitrogen and oxygen atoms in total. The van der Waals surface area contributed by atoms with E-state index in [0.29, 0.717) is 37.0 Å². The van der Waals surface area contributed by atoms with Crippen LogP contribution in [0.4, 0.5) is 26.1 Å². The molecular formula is C22H21F2N5O2. The number of nitrogens with zero attached hydrogens (tertiary/aromatic N) is 3. The summed E-state index contributed by atoms with van der Waals surface area (Å²) in [5, 5.41) is 5.63. The standard InChI is InChI=1S/C22H21F2N5O2/c23-15-8-9-20(25-12-15)28-21-7-3-6-18(26-21)19-13-29(10-11-31-19)14-22(30)27-17-5-2-1-4-16(17)24/h1-9,12,19H,10-11,13-14H2,(H,27,30)(H,25,26,28). The second-order valence-electron chi connectivity index (χ2n) is 7.06. The van der Waals surface area contributed by atoms with Crippen molar-refractivity contribution in [1.29, 1.82) is 0 Å². The van der Waals surface area contributed by atoms with Crippen LogP contribution < -0.4 is 10.6 Å². The number of pyridine rings is 2. The van der Waals surface area contributed by atoms with Crippen molar-refractivity contribution in [3.8, 4) is 0 Å². The first-order valence-electron chi connectivity index (χ1n) is 9.81. The van der Waals surface area contributed by atoms with E-state index in [1.807, 2.05) is 17.0 Å². The largest absolute Gasteiger partial charge is 0.369 e. The van der Waals surface area contributed by atoms with E-state index < -0.39 is 11.6 Å². The highest BCUT2D eigenvalue weighted by atomic mass is 19.1. The number of hydrogen-bond acceptors (Lipinski definition) is 6. The summed E-state index contributed by atoms with van der Waals surface area (Å²) in [6.45, 7) is 1.61. The monoisotopic (exact) mass is 425 g/mol. The van der Waals surface area contributed by atoms with Gasteiger partial charge >= 0.3 is 0 Å². The molecule has 31 heavy (non-hydrogen) atoms. The molecule has 4 rings (SSSR count). The van der Waals surface area contributed by atoms with Crippen LogP contribution in [-0.2, 0) is 9.53 Å². The van der Waals surface area contributed by atoms with E-state index >= 15 is 0 Å². The first-order chi connectivity index (χ1) is 15.1. The lowest BCUT2D eigenvalue weighted by Gasteiger charge is -2.32. The van der Waals surface area contributed by atoms with Gasteiger partial charge in [-0.15, -0.1) is 0 Å². The minimum absolute atomic E-state index is 0.117. The zero-order valence-electron chi connectivity index (χ0n) is 16.6. The minimum atomic E-state index is -0.472. The summed E-state index contributed by atoms with van der Waals surface area (Å²) in [5.74, 6) is -0.157. The summed E-state index contributed by atoms with van der Waals surface area (Å²) < 4.78 is 32.6. The van der Waals surface area contributed by atoms with Gasteiger partial charge in [0.25, 0.3) is 0 Å². The van der Waals surface area contributed by atoms with Crippen molar-refractivity contribution in [3.05, 3.63) is 78.1 Å². The Kier molecular flexibility index (Phi) is 6.44. The van der Waals surface area contributed by atoms with Crippen LogP contribution in [0.2, 0.25) is 0 Å². The highest BCUT2D eigenvalue weighted by Crippen LogP contribution is 2.23. The predicted octanol–water partition coefficient (Wildman–Crippen LogP) is 3.51. The smallest absolute Gasteiger partial charge is 0.238 e. The molecule has 3 heterocycles. The molecule has 1 aromatic carbocycles. The number of para-hydroxylation sites is 1. The molecule has 0 saturated carbocycles. The Bertz CT molecular complexity index is 1050. The van der Waals surface area contributed by atoms with E-state index in [1.165, 1.54) is 24.3 Å². The lowest BCUT2D eigenvalue weighted by Crippen LogP contribution is -2.42. The van der Waals surface area contributed by atoms with E-state index in [0.717, 1.165) is 6.20 Å². The van der Waals surface area contributed by atoms with Crippen molar-refractivity contribution in [2.24, 2.45) is 0 Å². The number of carbonyl (C=O) groups excluding carboxylic acids is 1. The average molecular weight is 425 g/mol. The second kappa shape index (κ2) is 9.59. The maximum absolute atomic E-state index is 13.7. The lowest BCUT2D eigenvalue weighted by molar-refractivity contribution is -0.119. The fraction of sp³-hybridized carbons (Fsp3) is 0.227. The second-order valence-corrected chi connectivity index (χ2v) is 7.06. The van der Waals surface area contributed by atoms with Crippen molar-refractivity contribution in [2.75, 3.05) is 36.9 Å². The van der Waals surface area contributed by atoms with Gasteiger partial charge in [-0.2, -0.15) is 0 Å². The summed E-state index contributed by atoms with van der Waals surface area (Å²) in [6.07, 6.45) is 0.804. The maximum Gasteiger partial charge on any atom is 0.238 e. The van der Waals surface area contributed by atoms with Gasteiger partial charge in [0.15, 0.2) is 0 Å². The van der Waals surface area contributed by atoms with Crippen LogP contribution in [0.3, 0.4) is 0 Å². The molecule has 9 heteroatoms. The summed E-state index contributed by atoms with van der Waals surface area (Å²) in [7, 11) is 0. The van der Waals surface area contributed by atoms with Crippen molar-refractivity contribution < 1.29 is 18.3 Å². The van der Waals surface area contributed by atoms with Crippen LogP contribution in [0.25, 0.3) is 0 Å². The summed E-state index contributed by atoms with van der Waals surface area (Å²) in [6, 6.07) is 14.3. The fourth-order valence-electron chi connectivity index (χ4n) is 3.26. The van der Waals surface area contributed by atoms with Gasteiger partial charge in [0.1, 0.15) is 29.4 Å². The molecular weight excluding hydrogens is 404 g/mol. The molecule has 0 bridgehead atoms. The number of anilines is 3. The van der Waals surface area contributed by atoms with Crippen LogP contribution in [0.15, 0.2) is 60.8 Å². The summed E-state index contributed by atoms with van der Waals surface area (Å²) in [4.78, 5) is 22.8. The Morgan fingerprint density at radius 2 is 1.97 bits per heavy atom. The number of amides is 1. The van der Waals surface area contributed by atoms with E-state index in [2.05, 4.69) is 20.6 Å². The molecule has 1 atom stereocenters. The third-order valence-electron chi connectivity index (χ3n) is 4.75. The van der Waals surface area contributed by atoms with E-state index in [-0.39, 0.29) is 24.2 Å². The molecule has 1 aliphatic heterocycles. The predicted molar refractivity (Wildman–Crippen MR) is 112 cm³/mol. The number of rotatable bonds is 6. The lowest BCUT2D eigenvalue weighted by atomic mass is 10.2. The number of ether oxygens (including phenoxy) is 1. The summed E-state index contributed by atoms with van der Waals surface area (Å²) in [5.41, 5.74) is 0.860. The van der Waals surface area contributed by atoms with Gasteiger partial charge in [0, 0.05) is 13.1 Å². The number of carbonyl (C=O) groups is 1. The van der Waals surface area contributed by atoms with E-state index in [4.69, 9.17) is 4.74 Å². The highest BCUT2D eigenvalue weighted by molar-refractivity contribution is 5.92. The SMILES string of the molecule is O=C(CN1CCOC(c2cccc(Nc3ccc(F)cn3)n2)C1)Nc1ccccc1F. The minimum Gasteiger partial charge on any atom is -0.369 e. The number of hydrogen-bond donors (Lipinski definition) is 2. The molecule has 1 unspecified atom stereocenters. The molecule has 160 valence electrons. The third kappa shape index (κ3) is 5.59. The van der Waals surface area contributed by atoms with Gasteiger partial charge in [0.2, 0.25) is 5.91 Å². The van der Waals surface area contributed by atoms with Gasteiger partial charge in [-0.3, -0.25) is 9.69 Å². The van der Waals surface area contributed by atoms with Crippen LogP contribution in [0, 0.1) is 11.6 Å². The first kappa shape index (κ1) is 20.8. The van der Waals surface area contributed by atoms with Gasteiger partial charge in [-0.25, -0.2) is 18.7 Å². The summed E-state index contributed by atoms with van der Waals surface area (Å²) >= 11 is 0. The Labute approximate surface area is 178 Å². The Hall–Kier alpha value is -3.43. The molecule has 2 N–H and O–H groups in total. The topological polar surface area (TPSA) is 79.4 Å². The molecule has 0 spiro atoms. The average Bonchev–Trinajstić information content (AvgIpc) is 2.77. The Morgan fingerprint density at radius 1 is 1.10 bits per heavy atom. The van der Waals surface area contributed by atoms with Crippen molar-refractivity contribution in [2.45, 2.75) is 6.10 Å². The van der Waals surface area contributed by atoms with Crippen LogP contribution in [0.1, 0.15) is 11.8 Å².